The first-order valence-electron chi connectivity index (χ1n) is 10.1. The van der Waals surface area contributed by atoms with Crippen molar-refractivity contribution in [3.8, 4) is 5.75 Å². The highest BCUT2D eigenvalue weighted by atomic mass is 16.6. The molecule has 0 saturated carbocycles. The molecule has 0 heterocycles. The van der Waals surface area contributed by atoms with Gasteiger partial charge >= 0.3 is 12.1 Å². The fourth-order valence-electron chi connectivity index (χ4n) is 2.92. The van der Waals surface area contributed by atoms with Gasteiger partial charge in [0.2, 0.25) is 5.91 Å². The number of hydrogen-bond acceptors (Lipinski definition) is 6. The lowest BCUT2D eigenvalue weighted by molar-refractivity contribution is -0.140. The number of esters is 1. The van der Waals surface area contributed by atoms with E-state index < -0.39 is 29.5 Å². The summed E-state index contributed by atoms with van der Waals surface area (Å²) in [4.78, 5) is 36.8. The molecule has 1 atom stereocenters. The zero-order valence-electron chi connectivity index (χ0n) is 18.3. The van der Waals surface area contributed by atoms with Crippen molar-refractivity contribution in [3.05, 3.63) is 65.7 Å². The van der Waals surface area contributed by atoms with Gasteiger partial charge in [-0.3, -0.25) is 14.9 Å². The summed E-state index contributed by atoms with van der Waals surface area (Å²) in [5.74, 6) is -1.33. The number of carbonyl (C=O) groups is 3. The van der Waals surface area contributed by atoms with E-state index in [4.69, 9.17) is 14.2 Å². The number of methoxy groups -OCH3 is 1. The Balaban J connectivity index is 2.23. The second-order valence-corrected chi connectivity index (χ2v) is 7.97. The lowest BCUT2D eigenvalue weighted by Crippen LogP contribution is -2.39. The molecule has 1 N–H and O–H groups in total. The van der Waals surface area contributed by atoms with Crippen LogP contribution in [0.3, 0.4) is 0 Å². The van der Waals surface area contributed by atoms with E-state index in [9.17, 15) is 14.4 Å². The summed E-state index contributed by atoms with van der Waals surface area (Å²) < 4.78 is 15.8. The first-order valence-corrected chi connectivity index (χ1v) is 10.1. The molecule has 2 rings (SSSR count). The Morgan fingerprint density at radius 2 is 1.61 bits per heavy atom. The molecule has 0 aliphatic heterocycles. The first kappa shape index (κ1) is 23.9. The van der Waals surface area contributed by atoms with Crippen LogP contribution in [0.25, 0.3) is 0 Å². The summed E-state index contributed by atoms with van der Waals surface area (Å²) in [6.07, 6.45) is -0.689. The molecule has 0 unspecified atom stereocenters. The van der Waals surface area contributed by atoms with Crippen LogP contribution in [0.5, 0.6) is 5.75 Å². The fraction of sp³-hybridized carbons (Fsp3) is 0.375. The number of carbonyl (C=O) groups excluding carboxylic acids is 3. The topological polar surface area (TPSA) is 90.9 Å². The normalized spacial score (nSPS) is 11.9. The molecule has 0 aliphatic rings. The standard InChI is InChI=1S/C24H29NO6/c1-24(2,3)31-23(28)25-22(27)19(14-15-21(26)29-4)18-12-8-9-13-20(18)30-16-17-10-6-5-7-11-17/h5-13,19H,14-16H2,1-4H3,(H,25,27,28)/t19-/m0/s1. The maximum absolute atomic E-state index is 12.9. The van der Waals surface area contributed by atoms with Gasteiger partial charge in [-0.15, -0.1) is 0 Å². The summed E-state index contributed by atoms with van der Waals surface area (Å²) in [5, 5.41) is 2.27. The van der Waals surface area contributed by atoms with Crippen LogP contribution < -0.4 is 10.1 Å². The molecule has 0 aliphatic carbocycles. The quantitative estimate of drug-likeness (QED) is 0.630. The van der Waals surface area contributed by atoms with Crippen molar-refractivity contribution in [2.75, 3.05) is 7.11 Å². The number of hydrogen-bond donors (Lipinski definition) is 1. The van der Waals surface area contributed by atoms with E-state index in [0.29, 0.717) is 17.9 Å². The van der Waals surface area contributed by atoms with E-state index >= 15 is 0 Å². The molecule has 0 saturated heterocycles. The highest BCUT2D eigenvalue weighted by molar-refractivity contribution is 5.96. The molecule has 7 heteroatoms. The van der Waals surface area contributed by atoms with Gasteiger partial charge in [-0.25, -0.2) is 4.79 Å². The molecule has 0 aromatic heterocycles. The SMILES string of the molecule is COC(=O)CC[C@H](C(=O)NC(=O)OC(C)(C)C)c1ccccc1OCc1ccccc1. The molecule has 2 aromatic rings. The van der Waals surface area contributed by atoms with Gasteiger partial charge in [0, 0.05) is 12.0 Å². The molecular weight excluding hydrogens is 398 g/mol. The van der Waals surface area contributed by atoms with Crippen LogP contribution >= 0.6 is 0 Å². The van der Waals surface area contributed by atoms with Crippen molar-refractivity contribution in [2.24, 2.45) is 0 Å². The Bertz CT molecular complexity index is 888. The van der Waals surface area contributed by atoms with Crippen molar-refractivity contribution in [1.82, 2.24) is 5.32 Å². The number of rotatable bonds is 8. The molecule has 0 bridgehead atoms. The van der Waals surface area contributed by atoms with E-state index in [1.807, 2.05) is 30.3 Å². The van der Waals surface area contributed by atoms with Crippen LogP contribution in [0.2, 0.25) is 0 Å². The van der Waals surface area contributed by atoms with Crippen LogP contribution in [0.4, 0.5) is 4.79 Å². The van der Waals surface area contributed by atoms with E-state index in [-0.39, 0.29) is 12.8 Å². The lowest BCUT2D eigenvalue weighted by atomic mass is 9.92. The molecule has 0 fully saturated rings. The Labute approximate surface area is 182 Å². The molecule has 31 heavy (non-hydrogen) atoms. The summed E-state index contributed by atoms with van der Waals surface area (Å²) in [7, 11) is 1.29. The van der Waals surface area contributed by atoms with Gasteiger partial charge in [0.1, 0.15) is 18.0 Å². The molecular formula is C24H29NO6. The van der Waals surface area contributed by atoms with Gasteiger partial charge in [0.25, 0.3) is 0 Å². The summed E-state index contributed by atoms with van der Waals surface area (Å²) >= 11 is 0. The molecule has 166 valence electrons. The van der Waals surface area contributed by atoms with Crippen LogP contribution in [0, 0.1) is 0 Å². The van der Waals surface area contributed by atoms with E-state index in [1.54, 1.807) is 45.0 Å². The molecule has 0 spiro atoms. The minimum atomic E-state index is -0.844. The van der Waals surface area contributed by atoms with E-state index in [0.717, 1.165) is 5.56 Å². The zero-order chi connectivity index (χ0) is 22.9. The Kier molecular flexibility index (Phi) is 8.61. The smallest absolute Gasteiger partial charge is 0.414 e. The van der Waals surface area contributed by atoms with Crippen molar-refractivity contribution < 1.29 is 28.6 Å². The highest BCUT2D eigenvalue weighted by Gasteiger charge is 2.28. The Hall–Kier alpha value is -3.35. The first-order chi connectivity index (χ1) is 14.7. The van der Waals surface area contributed by atoms with Gasteiger partial charge in [0.15, 0.2) is 0 Å². The maximum atomic E-state index is 12.9. The number of alkyl carbamates (subject to hydrolysis) is 1. The monoisotopic (exact) mass is 427 g/mol. The summed E-state index contributed by atoms with van der Waals surface area (Å²) in [6.45, 7) is 5.44. The minimum absolute atomic E-state index is 0.00985. The van der Waals surface area contributed by atoms with Crippen LogP contribution in [-0.4, -0.2) is 30.7 Å². The van der Waals surface area contributed by atoms with Crippen molar-refractivity contribution in [2.45, 2.75) is 51.7 Å². The highest BCUT2D eigenvalue weighted by Crippen LogP contribution is 2.31. The third kappa shape index (κ3) is 8.12. The van der Waals surface area contributed by atoms with Crippen LogP contribution in [0.1, 0.15) is 50.7 Å². The van der Waals surface area contributed by atoms with Crippen LogP contribution in [0.15, 0.2) is 54.6 Å². The number of nitrogens with one attached hydrogen (secondary N) is 1. The summed E-state index contributed by atoms with van der Waals surface area (Å²) in [6, 6.07) is 16.7. The summed E-state index contributed by atoms with van der Waals surface area (Å²) in [5.41, 5.74) is 0.799. The van der Waals surface area contributed by atoms with Gasteiger partial charge < -0.3 is 14.2 Å². The third-order valence-corrected chi connectivity index (χ3v) is 4.34. The Morgan fingerprint density at radius 3 is 2.26 bits per heavy atom. The molecule has 7 nitrogen and oxygen atoms in total. The molecule has 0 radical (unpaired) electrons. The lowest BCUT2D eigenvalue weighted by Gasteiger charge is -2.22. The third-order valence-electron chi connectivity index (χ3n) is 4.34. The largest absolute Gasteiger partial charge is 0.489 e. The van der Waals surface area contributed by atoms with Gasteiger partial charge in [-0.05, 0) is 38.8 Å². The predicted octanol–water partition coefficient (Wildman–Crippen LogP) is 4.35. The number of ether oxygens (including phenoxy) is 3. The average Bonchev–Trinajstić information content (AvgIpc) is 2.72. The number of amides is 2. The van der Waals surface area contributed by atoms with Gasteiger partial charge in [-0.1, -0.05) is 48.5 Å². The zero-order valence-corrected chi connectivity index (χ0v) is 18.3. The second-order valence-electron chi connectivity index (χ2n) is 7.97. The van der Waals surface area contributed by atoms with Gasteiger partial charge in [-0.2, -0.15) is 0 Å². The predicted molar refractivity (Wildman–Crippen MR) is 116 cm³/mol. The second kappa shape index (κ2) is 11.2. The van der Waals surface area contributed by atoms with Crippen molar-refractivity contribution >= 4 is 18.0 Å². The fourth-order valence-corrected chi connectivity index (χ4v) is 2.92. The minimum Gasteiger partial charge on any atom is -0.489 e. The Morgan fingerprint density at radius 1 is 0.968 bits per heavy atom. The molecule has 2 aromatic carbocycles. The van der Waals surface area contributed by atoms with E-state index in [1.165, 1.54) is 7.11 Å². The number of benzene rings is 2. The van der Waals surface area contributed by atoms with Crippen LogP contribution in [-0.2, 0) is 25.7 Å². The van der Waals surface area contributed by atoms with Crippen molar-refractivity contribution in [3.63, 3.8) is 0 Å². The van der Waals surface area contributed by atoms with E-state index in [2.05, 4.69) is 5.32 Å². The average molecular weight is 427 g/mol. The van der Waals surface area contributed by atoms with Gasteiger partial charge in [0.05, 0.1) is 13.0 Å². The number of para-hydroxylation sites is 1. The number of imide groups is 1. The molecule has 2 amide bonds. The van der Waals surface area contributed by atoms with Crippen molar-refractivity contribution in [1.29, 1.82) is 0 Å². The maximum Gasteiger partial charge on any atom is 0.414 e.